The number of benzene rings is 1. The van der Waals surface area contributed by atoms with Crippen LogP contribution in [-0.4, -0.2) is 30.5 Å². The van der Waals surface area contributed by atoms with Crippen LogP contribution < -0.4 is 4.74 Å². The van der Waals surface area contributed by atoms with Gasteiger partial charge in [0.15, 0.2) is 6.61 Å². The molecule has 118 valence electrons. The van der Waals surface area contributed by atoms with Crippen LogP contribution in [0.5, 0.6) is 5.75 Å². The van der Waals surface area contributed by atoms with Crippen molar-refractivity contribution in [2.24, 2.45) is 0 Å². The average molecular weight is 312 g/mol. The number of aromatic amines is 1. The van der Waals surface area contributed by atoms with Crippen LogP contribution in [0, 0.1) is 25.2 Å². The minimum atomic E-state index is -0.494. The number of hydrogen-bond acceptors (Lipinski definition) is 5. The van der Waals surface area contributed by atoms with Gasteiger partial charge in [0.1, 0.15) is 11.8 Å². The molecule has 0 aliphatic carbocycles. The van der Waals surface area contributed by atoms with E-state index >= 15 is 0 Å². The topological polar surface area (TPSA) is 92.2 Å². The number of para-hydroxylation sites is 1. The van der Waals surface area contributed by atoms with E-state index in [4.69, 9.17) is 14.7 Å². The molecule has 1 heterocycles. The van der Waals surface area contributed by atoms with Gasteiger partial charge in [-0.2, -0.15) is 5.26 Å². The van der Waals surface area contributed by atoms with Crippen LogP contribution in [0.25, 0.3) is 0 Å². The van der Waals surface area contributed by atoms with E-state index in [9.17, 15) is 9.59 Å². The van der Waals surface area contributed by atoms with E-state index in [-0.39, 0.29) is 12.4 Å². The monoisotopic (exact) mass is 312 g/mol. The zero-order valence-corrected chi connectivity index (χ0v) is 13.1. The van der Waals surface area contributed by atoms with Gasteiger partial charge in [-0.1, -0.05) is 12.1 Å². The number of nitrogens with one attached hydrogen (secondary N) is 1. The number of aryl methyl sites for hydroxylation is 1. The third-order valence-electron chi connectivity index (χ3n) is 3.47. The first-order valence-electron chi connectivity index (χ1n) is 6.92. The summed E-state index contributed by atoms with van der Waals surface area (Å²) in [5.41, 5.74) is 2.10. The van der Waals surface area contributed by atoms with Gasteiger partial charge in [0.2, 0.25) is 5.78 Å². The number of ketones is 1. The number of nitriles is 1. The number of rotatable bonds is 5. The zero-order chi connectivity index (χ0) is 17.0. The molecule has 1 aromatic heterocycles. The van der Waals surface area contributed by atoms with Crippen LogP contribution in [-0.2, 0) is 4.74 Å². The molecule has 0 aliphatic heterocycles. The second-order valence-electron chi connectivity index (χ2n) is 4.94. The van der Waals surface area contributed by atoms with Crippen molar-refractivity contribution in [2.75, 3.05) is 13.7 Å². The molecule has 0 spiro atoms. The van der Waals surface area contributed by atoms with E-state index in [1.807, 2.05) is 6.07 Å². The van der Waals surface area contributed by atoms with Crippen LogP contribution in [0.3, 0.4) is 0 Å². The standard InChI is InChI=1S/C17H16N2O4/c1-10-15(17(21)22-3)11(2)19-16(10)13(20)9-23-14-7-5-4-6-12(14)8-18/h4-7,19H,9H2,1-3H3. The van der Waals surface area contributed by atoms with Crippen molar-refractivity contribution in [3.8, 4) is 11.8 Å². The Balaban J connectivity index is 2.19. The fraction of sp³-hybridized carbons (Fsp3) is 0.235. The van der Waals surface area contributed by atoms with E-state index in [0.29, 0.717) is 33.8 Å². The highest BCUT2D eigenvalue weighted by Gasteiger charge is 2.22. The van der Waals surface area contributed by atoms with Crippen LogP contribution in [0.15, 0.2) is 24.3 Å². The molecule has 2 aromatic rings. The smallest absolute Gasteiger partial charge is 0.339 e. The van der Waals surface area contributed by atoms with Gasteiger partial charge in [0.25, 0.3) is 0 Å². The number of ether oxygens (including phenoxy) is 2. The first kappa shape index (κ1) is 16.3. The van der Waals surface area contributed by atoms with Crippen molar-refractivity contribution in [1.29, 1.82) is 5.26 Å². The highest BCUT2D eigenvalue weighted by atomic mass is 16.5. The van der Waals surface area contributed by atoms with E-state index in [1.165, 1.54) is 7.11 Å². The fourth-order valence-electron chi connectivity index (χ4n) is 2.34. The van der Waals surface area contributed by atoms with Crippen molar-refractivity contribution in [3.05, 3.63) is 52.3 Å². The molecule has 2 rings (SSSR count). The van der Waals surface area contributed by atoms with Crippen LogP contribution in [0.4, 0.5) is 0 Å². The lowest BCUT2D eigenvalue weighted by Gasteiger charge is -2.06. The number of esters is 1. The van der Waals surface area contributed by atoms with Crippen LogP contribution in [0.2, 0.25) is 0 Å². The summed E-state index contributed by atoms with van der Waals surface area (Å²) in [6.45, 7) is 3.13. The Labute approximate surface area is 133 Å². The van der Waals surface area contributed by atoms with Crippen molar-refractivity contribution in [3.63, 3.8) is 0 Å². The number of nitrogens with zero attached hydrogens (tertiary/aromatic N) is 1. The van der Waals surface area contributed by atoms with Crippen molar-refractivity contribution >= 4 is 11.8 Å². The van der Waals surface area contributed by atoms with Crippen molar-refractivity contribution in [1.82, 2.24) is 4.98 Å². The molecule has 0 aliphatic rings. The lowest BCUT2D eigenvalue weighted by Crippen LogP contribution is -2.14. The quantitative estimate of drug-likeness (QED) is 0.676. The van der Waals surface area contributed by atoms with Gasteiger partial charge < -0.3 is 14.5 Å². The summed E-state index contributed by atoms with van der Waals surface area (Å²) in [7, 11) is 1.29. The lowest BCUT2D eigenvalue weighted by molar-refractivity contribution is 0.0599. The molecule has 0 bridgehead atoms. The van der Waals surface area contributed by atoms with Crippen LogP contribution >= 0.6 is 0 Å². The number of hydrogen-bond donors (Lipinski definition) is 1. The second-order valence-corrected chi connectivity index (χ2v) is 4.94. The van der Waals surface area contributed by atoms with Gasteiger partial charge in [-0.15, -0.1) is 0 Å². The number of carbonyl (C=O) groups is 2. The van der Waals surface area contributed by atoms with E-state index in [1.54, 1.807) is 38.1 Å². The van der Waals surface area contributed by atoms with Crippen molar-refractivity contribution in [2.45, 2.75) is 13.8 Å². The zero-order valence-electron chi connectivity index (χ0n) is 13.1. The first-order chi connectivity index (χ1) is 11.0. The van der Waals surface area contributed by atoms with Crippen LogP contribution in [0.1, 0.15) is 37.7 Å². The maximum atomic E-state index is 12.3. The minimum absolute atomic E-state index is 0.236. The lowest BCUT2D eigenvalue weighted by atomic mass is 10.1. The van der Waals surface area contributed by atoms with Gasteiger partial charge in [-0.3, -0.25) is 4.79 Å². The maximum absolute atomic E-state index is 12.3. The summed E-state index contributed by atoms with van der Waals surface area (Å²) < 4.78 is 10.1. The normalized spacial score (nSPS) is 10.0. The Hall–Kier alpha value is -3.07. The Morgan fingerprint density at radius 1 is 1.26 bits per heavy atom. The third kappa shape index (κ3) is 3.24. The van der Waals surface area contributed by atoms with Gasteiger partial charge in [-0.05, 0) is 31.5 Å². The average Bonchev–Trinajstić information content (AvgIpc) is 2.86. The molecule has 1 N–H and O–H groups in total. The number of carbonyl (C=O) groups excluding carboxylic acids is 2. The molecule has 0 fully saturated rings. The number of Topliss-reactive ketones (excluding diaryl/α,β-unsaturated/α-hetero) is 1. The fourth-order valence-corrected chi connectivity index (χ4v) is 2.34. The summed E-state index contributed by atoms with van der Waals surface area (Å²) in [4.78, 5) is 27.0. The Morgan fingerprint density at radius 3 is 2.61 bits per heavy atom. The summed E-state index contributed by atoms with van der Waals surface area (Å²) in [5, 5.41) is 9.00. The molecular formula is C17H16N2O4. The summed E-state index contributed by atoms with van der Waals surface area (Å²) in [6.07, 6.45) is 0. The Bertz CT molecular complexity index is 799. The number of methoxy groups -OCH3 is 1. The van der Waals surface area contributed by atoms with Gasteiger partial charge in [0.05, 0.1) is 23.9 Å². The second kappa shape index (κ2) is 6.79. The Morgan fingerprint density at radius 2 is 1.96 bits per heavy atom. The number of aromatic nitrogens is 1. The first-order valence-corrected chi connectivity index (χ1v) is 6.92. The predicted molar refractivity (Wildman–Crippen MR) is 82.6 cm³/mol. The molecule has 6 nitrogen and oxygen atoms in total. The van der Waals surface area contributed by atoms with E-state index in [0.717, 1.165) is 0 Å². The van der Waals surface area contributed by atoms with Gasteiger partial charge >= 0.3 is 5.97 Å². The van der Waals surface area contributed by atoms with E-state index in [2.05, 4.69) is 4.98 Å². The molecule has 0 unspecified atom stereocenters. The molecular weight excluding hydrogens is 296 g/mol. The third-order valence-corrected chi connectivity index (χ3v) is 3.47. The highest BCUT2D eigenvalue weighted by Crippen LogP contribution is 2.21. The Kier molecular flexibility index (Phi) is 4.82. The largest absolute Gasteiger partial charge is 0.484 e. The van der Waals surface area contributed by atoms with E-state index < -0.39 is 5.97 Å². The highest BCUT2D eigenvalue weighted by molar-refractivity contribution is 6.02. The summed E-state index contributed by atoms with van der Waals surface area (Å²) in [5.74, 6) is -0.461. The molecule has 0 atom stereocenters. The van der Waals surface area contributed by atoms with Crippen molar-refractivity contribution < 1.29 is 19.1 Å². The SMILES string of the molecule is COC(=O)c1c(C)[nH]c(C(=O)COc2ccccc2C#N)c1C. The molecule has 6 heteroatoms. The van der Waals surface area contributed by atoms with Gasteiger partial charge in [-0.25, -0.2) is 4.79 Å². The summed E-state index contributed by atoms with van der Waals surface area (Å²) >= 11 is 0. The minimum Gasteiger partial charge on any atom is -0.484 e. The molecule has 0 radical (unpaired) electrons. The van der Waals surface area contributed by atoms with Gasteiger partial charge in [0, 0.05) is 5.69 Å². The molecule has 0 amide bonds. The predicted octanol–water partition coefficient (Wildman–Crippen LogP) is 2.55. The summed E-state index contributed by atoms with van der Waals surface area (Å²) in [6, 6.07) is 8.67. The molecule has 0 saturated heterocycles. The maximum Gasteiger partial charge on any atom is 0.339 e. The number of H-pyrrole nitrogens is 1. The molecule has 1 aromatic carbocycles. The molecule has 0 saturated carbocycles. The molecule has 23 heavy (non-hydrogen) atoms.